The van der Waals surface area contributed by atoms with E-state index in [1.807, 2.05) is 4.90 Å². The molecule has 9 heteroatoms. The number of fused-ring (bicyclic) bond motifs is 3. The van der Waals surface area contributed by atoms with Gasteiger partial charge in [-0.15, -0.1) is 11.3 Å². The summed E-state index contributed by atoms with van der Waals surface area (Å²) in [6.45, 7) is 7.23. The fourth-order valence-corrected chi connectivity index (χ4v) is 6.40. The van der Waals surface area contributed by atoms with Gasteiger partial charge in [0, 0.05) is 12.6 Å². The molecule has 31 heavy (non-hydrogen) atoms. The van der Waals surface area contributed by atoms with E-state index < -0.39 is 11.9 Å². The number of likely N-dealkylation sites (tertiary alicyclic amines) is 1. The third kappa shape index (κ3) is 3.43. The lowest BCUT2D eigenvalue weighted by molar-refractivity contribution is -0.142. The average Bonchev–Trinajstić information content (AvgIpc) is 3.36. The van der Waals surface area contributed by atoms with Gasteiger partial charge in [-0.1, -0.05) is 26.8 Å². The normalized spacial score (nSPS) is 25.4. The molecule has 0 spiro atoms. The third-order valence-electron chi connectivity index (χ3n) is 6.44. The Morgan fingerprint density at radius 3 is 2.71 bits per heavy atom. The number of nitrogens with zero attached hydrogens (tertiary/aromatic N) is 4. The molecule has 5 rings (SSSR count). The van der Waals surface area contributed by atoms with E-state index >= 15 is 0 Å². The zero-order valence-electron chi connectivity index (χ0n) is 17.5. The van der Waals surface area contributed by atoms with Gasteiger partial charge in [0.2, 0.25) is 0 Å². The van der Waals surface area contributed by atoms with Crippen molar-refractivity contribution in [1.29, 1.82) is 0 Å². The van der Waals surface area contributed by atoms with Crippen molar-refractivity contribution in [3.05, 3.63) is 41.0 Å². The van der Waals surface area contributed by atoms with E-state index in [9.17, 15) is 18.0 Å². The lowest BCUT2D eigenvalue weighted by Crippen LogP contribution is -2.37. The number of alkyl halides is 3. The summed E-state index contributed by atoms with van der Waals surface area (Å²) in [5.41, 5.74) is -0.516. The Bertz CT molecular complexity index is 1170. The van der Waals surface area contributed by atoms with E-state index in [4.69, 9.17) is 0 Å². The van der Waals surface area contributed by atoms with Gasteiger partial charge in [0.1, 0.15) is 5.56 Å². The molecule has 1 aliphatic carbocycles. The van der Waals surface area contributed by atoms with Crippen molar-refractivity contribution >= 4 is 22.9 Å². The Morgan fingerprint density at radius 1 is 1.26 bits per heavy atom. The fraction of sp³-hybridized carbons (Fsp3) is 0.500. The van der Waals surface area contributed by atoms with Crippen LogP contribution in [-0.4, -0.2) is 38.0 Å². The number of hydrogen-bond acceptors (Lipinski definition) is 4. The predicted molar refractivity (Wildman–Crippen MR) is 112 cm³/mol. The number of rotatable bonds is 2. The van der Waals surface area contributed by atoms with Gasteiger partial charge in [-0.2, -0.15) is 18.3 Å². The largest absolute Gasteiger partial charge is 0.433 e. The summed E-state index contributed by atoms with van der Waals surface area (Å²) in [5, 5.41) is 5.70. The first kappa shape index (κ1) is 20.5. The quantitative estimate of drug-likeness (QED) is 0.519. The summed E-state index contributed by atoms with van der Waals surface area (Å²) in [6.07, 6.45) is -0.568. The maximum atomic E-state index is 13.8. The Kier molecular flexibility index (Phi) is 4.32. The number of halogens is 3. The molecule has 2 unspecified atom stereocenters. The van der Waals surface area contributed by atoms with Crippen LogP contribution in [0.5, 0.6) is 0 Å². The van der Waals surface area contributed by atoms with Crippen LogP contribution in [0.2, 0.25) is 0 Å². The molecule has 0 aromatic carbocycles. The molecule has 164 valence electrons. The van der Waals surface area contributed by atoms with Gasteiger partial charge in [-0.3, -0.25) is 4.79 Å². The van der Waals surface area contributed by atoms with Gasteiger partial charge in [-0.25, -0.2) is 9.50 Å². The molecule has 3 aromatic rings. The third-order valence-corrected chi connectivity index (χ3v) is 7.33. The smallest absolute Gasteiger partial charge is 0.335 e. The van der Waals surface area contributed by atoms with Gasteiger partial charge >= 0.3 is 6.18 Å². The van der Waals surface area contributed by atoms with E-state index in [0.717, 1.165) is 29.8 Å². The zero-order valence-corrected chi connectivity index (χ0v) is 18.3. The number of hydrogen-bond donors (Lipinski definition) is 0. The molecule has 1 aliphatic heterocycles. The average molecular weight is 449 g/mol. The number of aromatic nitrogens is 3. The van der Waals surface area contributed by atoms with Crippen molar-refractivity contribution in [1.82, 2.24) is 19.5 Å². The topological polar surface area (TPSA) is 50.5 Å². The highest BCUT2D eigenvalue weighted by atomic mass is 32.1. The molecule has 4 heterocycles. The molecule has 5 nitrogen and oxygen atoms in total. The van der Waals surface area contributed by atoms with E-state index in [1.54, 1.807) is 17.5 Å². The SMILES string of the molecule is CC1(C)CC2CC(C)(CN2C(=O)c2cnn3c(C(F)(F)F)cc(-c4cccs4)nc23)C1. The van der Waals surface area contributed by atoms with Crippen molar-refractivity contribution in [2.45, 2.75) is 52.3 Å². The van der Waals surface area contributed by atoms with Gasteiger partial charge in [0.15, 0.2) is 11.3 Å². The van der Waals surface area contributed by atoms with Gasteiger partial charge in [-0.05, 0) is 47.6 Å². The molecule has 2 bridgehead atoms. The molecule has 1 saturated heterocycles. The minimum atomic E-state index is -4.62. The van der Waals surface area contributed by atoms with Crippen LogP contribution in [0, 0.1) is 10.8 Å². The van der Waals surface area contributed by atoms with Crippen LogP contribution < -0.4 is 0 Å². The second-order valence-corrected chi connectivity index (χ2v) is 10.9. The van der Waals surface area contributed by atoms with Gasteiger partial charge in [0.05, 0.1) is 16.8 Å². The lowest BCUT2D eigenvalue weighted by Gasteiger charge is -2.39. The van der Waals surface area contributed by atoms with E-state index in [0.29, 0.717) is 11.4 Å². The first-order chi connectivity index (χ1) is 14.5. The van der Waals surface area contributed by atoms with Crippen LogP contribution in [0.15, 0.2) is 29.8 Å². The second kappa shape index (κ2) is 6.54. The molecular formula is C22H23F3N4OS. The first-order valence-electron chi connectivity index (χ1n) is 10.3. The minimum Gasteiger partial charge on any atom is -0.335 e. The van der Waals surface area contributed by atoms with Crippen LogP contribution in [0.25, 0.3) is 16.2 Å². The lowest BCUT2D eigenvalue weighted by atomic mass is 9.65. The molecule has 2 atom stereocenters. The molecule has 3 aromatic heterocycles. The maximum Gasteiger partial charge on any atom is 0.433 e. The highest BCUT2D eigenvalue weighted by Gasteiger charge is 2.51. The number of carbonyl (C=O) groups excluding carboxylic acids is 1. The maximum absolute atomic E-state index is 13.8. The Hall–Kier alpha value is -2.42. The fourth-order valence-electron chi connectivity index (χ4n) is 5.72. The van der Waals surface area contributed by atoms with Crippen LogP contribution in [0.1, 0.15) is 56.1 Å². The van der Waals surface area contributed by atoms with Crippen molar-refractivity contribution in [3.8, 4) is 10.6 Å². The van der Waals surface area contributed by atoms with Gasteiger partial charge in [0.25, 0.3) is 5.91 Å². The molecule has 0 N–H and O–H groups in total. The summed E-state index contributed by atoms with van der Waals surface area (Å²) < 4.78 is 42.1. The van der Waals surface area contributed by atoms with E-state index in [2.05, 4.69) is 30.9 Å². The van der Waals surface area contributed by atoms with E-state index in [-0.39, 0.29) is 39.7 Å². The summed E-state index contributed by atoms with van der Waals surface area (Å²) >= 11 is 1.30. The Balaban J connectivity index is 1.61. The van der Waals surface area contributed by atoms with Crippen LogP contribution in [-0.2, 0) is 6.18 Å². The van der Waals surface area contributed by atoms with Crippen molar-refractivity contribution in [2.75, 3.05) is 6.54 Å². The number of thiophene rings is 1. The molecular weight excluding hydrogens is 425 g/mol. The molecule has 1 saturated carbocycles. The first-order valence-corrected chi connectivity index (χ1v) is 11.1. The molecule has 2 aliphatic rings. The van der Waals surface area contributed by atoms with Crippen LogP contribution >= 0.6 is 11.3 Å². The van der Waals surface area contributed by atoms with E-state index in [1.165, 1.54) is 17.5 Å². The summed E-state index contributed by atoms with van der Waals surface area (Å²) in [6, 6.07) is 4.55. The van der Waals surface area contributed by atoms with Crippen molar-refractivity contribution in [3.63, 3.8) is 0 Å². The Morgan fingerprint density at radius 2 is 2.03 bits per heavy atom. The zero-order chi connectivity index (χ0) is 22.2. The standard InChI is InChI=1S/C22H23F3N4OS/c1-20(2)8-13-9-21(3,11-20)12-28(13)19(30)14-10-26-29-17(22(23,24)25)7-15(27-18(14)29)16-5-4-6-31-16/h4-7,10,13H,8-9,11-12H2,1-3H3. The summed E-state index contributed by atoms with van der Waals surface area (Å²) in [7, 11) is 0. The van der Waals surface area contributed by atoms with Crippen LogP contribution in [0.3, 0.4) is 0 Å². The highest BCUT2D eigenvalue weighted by Crippen LogP contribution is 2.52. The highest BCUT2D eigenvalue weighted by molar-refractivity contribution is 7.13. The van der Waals surface area contributed by atoms with Crippen molar-refractivity contribution in [2.24, 2.45) is 10.8 Å². The summed E-state index contributed by atoms with van der Waals surface area (Å²) in [4.78, 5) is 20.4. The predicted octanol–water partition coefficient (Wildman–Crippen LogP) is 5.52. The number of amides is 1. The Labute approximate surface area is 181 Å². The second-order valence-electron chi connectivity index (χ2n) is 9.94. The van der Waals surface area contributed by atoms with Crippen molar-refractivity contribution < 1.29 is 18.0 Å². The molecule has 0 radical (unpaired) electrons. The number of carbonyl (C=O) groups is 1. The molecule has 2 fully saturated rings. The minimum absolute atomic E-state index is 0.0255. The summed E-state index contributed by atoms with van der Waals surface area (Å²) in [5.74, 6) is -0.287. The monoisotopic (exact) mass is 448 g/mol. The molecule has 1 amide bonds. The van der Waals surface area contributed by atoms with Crippen LogP contribution in [0.4, 0.5) is 13.2 Å². The van der Waals surface area contributed by atoms with Gasteiger partial charge < -0.3 is 4.90 Å².